The number of nitrogens with one attached hydrogen (secondary N) is 2. The number of benzene rings is 1. The van der Waals surface area contributed by atoms with Crippen molar-refractivity contribution in [3.05, 3.63) is 58.3 Å². The number of carbonyl (C=O) groups is 1. The van der Waals surface area contributed by atoms with Gasteiger partial charge in [0.1, 0.15) is 5.52 Å². The Balaban J connectivity index is 1.55. The van der Waals surface area contributed by atoms with Crippen molar-refractivity contribution in [2.24, 2.45) is 0 Å². The number of nitrogens with zero attached hydrogens (tertiary/aromatic N) is 3. The van der Waals surface area contributed by atoms with Gasteiger partial charge in [-0.25, -0.2) is 4.52 Å². The van der Waals surface area contributed by atoms with E-state index in [0.717, 1.165) is 37.7 Å². The molecule has 134 valence electrons. The monoisotopic (exact) mass is 353 g/mol. The molecule has 0 radical (unpaired) electrons. The predicted octanol–water partition coefficient (Wildman–Crippen LogP) is 1.42. The molecule has 2 N–H and O–H groups in total. The molecule has 26 heavy (non-hydrogen) atoms. The van der Waals surface area contributed by atoms with Crippen molar-refractivity contribution in [2.45, 2.75) is 6.92 Å². The van der Waals surface area contributed by atoms with Crippen LogP contribution in [-0.4, -0.2) is 46.8 Å². The summed E-state index contributed by atoms with van der Waals surface area (Å²) < 4.78 is 6.82. The lowest BCUT2D eigenvalue weighted by Gasteiger charge is -2.28. The fourth-order valence-corrected chi connectivity index (χ4v) is 3.08. The normalized spacial score (nSPS) is 14.6. The quantitative estimate of drug-likeness (QED) is 0.743. The van der Waals surface area contributed by atoms with Crippen molar-refractivity contribution in [3.63, 3.8) is 0 Å². The lowest BCUT2D eigenvalue weighted by molar-refractivity contribution is 0.102. The molecule has 1 aromatic carbocycles. The third-order valence-electron chi connectivity index (χ3n) is 4.48. The van der Waals surface area contributed by atoms with E-state index >= 15 is 0 Å². The summed E-state index contributed by atoms with van der Waals surface area (Å²) in [6.45, 7) is 4.97. The number of amides is 1. The van der Waals surface area contributed by atoms with Gasteiger partial charge in [-0.15, -0.1) is 0 Å². The fourth-order valence-electron chi connectivity index (χ4n) is 3.08. The molecule has 0 bridgehead atoms. The van der Waals surface area contributed by atoms with Crippen molar-refractivity contribution in [2.75, 3.05) is 36.5 Å². The van der Waals surface area contributed by atoms with E-state index in [0.29, 0.717) is 5.69 Å². The Hall–Kier alpha value is -3.13. The summed E-state index contributed by atoms with van der Waals surface area (Å²) in [7, 11) is 0. The van der Waals surface area contributed by atoms with E-state index in [4.69, 9.17) is 4.74 Å². The average Bonchev–Trinajstić information content (AvgIpc) is 3.13. The number of hydrogen-bond donors (Lipinski definition) is 2. The van der Waals surface area contributed by atoms with E-state index in [1.165, 1.54) is 10.7 Å². The Morgan fingerprint density at radius 2 is 1.96 bits per heavy atom. The zero-order chi connectivity index (χ0) is 18.1. The highest BCUT2D eigenvalue weighted by atomic mass is 16.5. The van der Waals surface area contributed by atoms with Crippen molar-refractivity contribution in [1.29, 1.82) is 0 Å². The zero-order valence-electron chi connectivity index (χ0n) is 14.4. The molecule has 3 heterocycles. The molecule has 3 aromatic rings. The van der Waals surface area contributed by atoms with Gasteiger partial charge in [-0.3, -0.25) is 9.59 Å². The molecule has 0 unspecified atom stereocenters. The average molecular weight is 353 g/mol. The lowest BCUT2D eigenvalue weighted by atomic mass is 10.2. The van der Waals surface area contributed by atoms with Crippen LogP contribution in [0.5, 0.6) is 0 Å². The molecule has 4 rings (SSSR count). The summed E-state index contributed by atoms with van der Waals surface area (Å²) in [5, 5.41) is 6.96. The van der Waals surface area contributed by atoms with E-state index in [2.05, 4.69) is 20.3 Å². The molecule has 2 aromatic heterocycles. The number of anilines is 2. The van der Waals surface area contributed by atoms with Crippen molar-refractivity contribution >= 4 is 22.8 Å². The molecule has 0 saturated carbocycles. The number of hydrogen-bond acceptors (Lipinski definition) is 5. The van der Waals surface area contributed by atoms with Gasteiger partial charge in [0, 0.05) is 30.7 Å². The van der Waals surface area contributed by atoms with Crippen LogP contribution in [0.2, 0.25) is 0 Å². The van der Waals surface area contributed by atoms with Gasteiger partial charge >= 0.3 is 0 Å². The van der Waals surface area contributed by atoms with Gasteiger partial charge in [0.2, 0.25) is 0 Å². The summed E-state index contributed by atoms with van der Waals surface area (Å²) >= 11 is 0. The van der Waals surface area contributed by atoms with Crippen LogP contribution in [0.1, 0.15) is 16.1 Å². The number of aromatic nitrogens is 3. The maximum Gasteiger partial charge on any atom is 0.274 e. The second-order valence-corrected chi connectivity index (χ2v) is 6.18. The fraction of sp³-hybridized carbons (Fsp3) is 0.278. The van der Waals surface area contributed by atoms with Crippen LogP contribution in [-0.2, 0) is 4.74 Å². The smallest absolute Gasteiger partial charge is 0.274 e. The highest BCUT2D eigenvalue weighted by molar-refractivity contribution is 6.08. The maximum absolute atomic E-state index is 12.6. The first kappa shape index (κ1) is 16.3. The Kier molecular flexibility index (Phi) is 4.18. The maximum atomic E-state index is 12.6. The number of carbonyl (C=O) groups excluding carboxylic acids is 1. The SMILES string of the molecule is Cc1c[nH]c(=O)c2c(C(=O)Nc3ccc(N4CCOCC4)cc3)cnn12. The van der Waals surface area contributed by atoms with E-state index in [1.54, 1.807) is 6.20 Å². The minimum atomic E-state index is -0.366. The molecule has 1 aliphatic heterocycles. The van der Waals surface area contributed by atoms with Crippen molar-refractivity contribution in [3.8, 4) is 0 Å². The van der Waals surface area contributed by atoms with Crippen molar-refractivity contribution < 1.29 is 9.53 Å². The Morgan fingerprint density at radius 1 is 1.23 bits per heavy atom. The van der Waals surface area contributed by atoms with E-state index < -0.39 is 0 Å². The highest BCUT2D eigenvalue weighted by Crippen LogP contribution is 2.20. The summed E-state index contributed by atoms with van der Waals surface area (Å²) in [6.07, 6.45) is 2.98. The third kappa shape index (κ3) is 2.95. The first-order chi connectivity index (χ1) is 12.6. The van der Waals surface area contributed by atoms with Crippen LogP contribution in [0.25, 0.3) is 5.52 Å². The standard InChI is InChI=1S/C18H19N5O3/c1-12-10-19-18(25)16-15(11-20-23(12)16)17(24)21-13-2-4-14(5-3-13)22-6-8-26-9-7-22/h2-5,10-11H,6-9H2,1H3,(H,19,25)(H,21,24). The Bertz CT molecular complexity index is 1000. The Labute approximate surface area is 149 Å². The molecule has 8 nitrogen and oxygen atoms in total. The third-order valence-corrected chi connectivity index (χ3v) is 4.48. The number of rotatable bonds is 3. The summed E-state index contributed by atoms with van der Waals surface area (Å²) in [4.78, 5) is 29.5. The van der Waals surface area contributed by atoms with E-state index in [1.807, 2.05) is 31.2 Å². The molecular weight excluding hydrogens is 334 g/mol. The molecule has 0 aliphatic carbocycles. The van der Waals surface area contributed by atoms with E-state index in [-0.39, 0.29) is 22.5 Å². The zero-order valence-corrected chi connectivity index (χ0v) is 14.4. The molecule has 0 atom stereocenters. The van der Waals surface area contributed by atoms with E-state index in [9.17, 15) is 9.59 Å². The first-order valence-corrected chi connectivity index (χ1v) is 8.43. The van der Waals surface area contributed by atoms with Gasteiger partial charge < -0.3 is 19.9 Å². The van der Waals surface area contributed by atoms with Gasteiger partial charge in [-0.05, 0) is 31.2 Å². The van der Waals surface area contributed by atoms with Gasteiger partial charge in [-0.1, -0.05) is 0 Å². The Morgan fingerprint density at radius 3 is 2.69 bits per heavy atom. The number of fused-ring (bicyclic) bond motifs is 1. The van der Waals surface area contributed by atoms with Crippen LogP contribution in [0.3, 0.4) is 0 Å². The number of aryl methyl sites for hydroxylation is 1. The molecule has 1 saturated heterocycles. The predicted molar refractivity (Wildman–Crippen MR) is 98.0 cm³/mol. The minimum absolute atomic E-state index is 0.243. The highest BCUT2D eigenvalue weighted by Gasteiger charge is 2.17. The number of H-pyrrole nitrogens is 1. The van der Waals surface area contributed by atoms with Crippen LogP contribution < -0.4 is 15.8 Å². The number of aromatic amines is 1. The largest absolute Gasteiger partial charge is 0.378 e. The summed E-state index contributed by atoms with van der Waals surface area (Å²) in [6, 6.07) is 7.63. The number of morpholine rings is 1. The molecule has 1 aliphatic rings. The second-order valence-electron chi connectivity index (χ2n) is 6.18. The molecule has 1 fully saturated rings. The van der Waals surface area contributed by atoms with Crippen molar-refractivity contribution in [1.82, 2.24) is 14.6 Å². The van der Waals surface area contributed by atoms with Crippen LogP contribution in [0.4, 0.5) is 11.4 Å². The molecule has 1 amide bonds. The first-order valence-electron chi connectivity index (χ1n) is 8.43. The van der Waals surface area contributed by atoms with Crippen LogP contribution in [0.15, 0.2) is 41.5 Å². The summed E-state index contributed by atoms with van der Waals surface area (Å²) in [5.74, 6) is -0.366. The number of ether oxygens (including phenoxy) is 1. The second kappa shape index (κ2) is 6.64. The molecule has 8 heteroatoms. The minimum Gasteiger partial charge on any atom is -0.378 e. The molecule has 0 spiro atoms. The topological polar surface area (TPSA) is 91.7 Å². The summed E-state index contributed by atoms with van der Waals surface area (Å²) in [5.41, 5.74) is 2.64. The van der Waals surface area contributed by atoms with Crippen LogP contribution in [0, 0.1) is 6.92 Å². The van der Waals surface area contributed by atoms with Gasteiger partial charge in [0.25, 0.3) is 11.5 Å². The van der Waals surface area contributed by atoms with Gasteiger partial charge in [0.05, 0.1) is 30.7 Å². The molecular formula is C18H19N5O3. The van der Waals surface area contributed by atoms with Gasteiger partial charge in [0.15, 0.2) is 0 Å². The van der Waals surface area contributed by atoms with Crippen LogP contribution >= 0.6 is 0 Å². The van der Waals surface area contributed by atoms with Gasteiger partial charge in [-0.2, -0.15) is 5.10 Å². The lowest BCUT2D eigenvalue weighted by Crippen LogP contribution is -2.36.